The van der Waals surface area contributed by atoms with Crippen LogP contribution in [-0.4, -0.2) is 41.9 Å². The van der Waals surface area contributed by atoms with Crippen LogP contribution >= 0.6 is 0 Å². The molecule has 3 N–H and O–H groups in total. The van der Waals surface area contributed by atoms with Gasteiger partial charge in [0.2, 0.25) is 0 Å². The Balaban J connectivity index is 2.49. The van der Waals surface area contributed by atoms with Crippen LogP contribution in [0.1, 0.15) is 19.8 Å². The maximum atomic E-state index is 7.72. The molecule has 0 amide bonds. The van der Waals surface area contributed by atoms with Gasteiger partial charge in [-0.15, -0.1) is 0 Å². The van der Waals surface area contributed by atoms with Gasteiger partial charge in [0.05, 0.1) is 0 Å². The Morgan fingerprint density at radius 3 is 2.43 bits per heavy atom. The van der Waals surface area contributed by atoms with E-state index in [2.05, 4.69) is 18.5 Å². The molecule has 4 nitrogen and oxygen atoms in total. The Hall–Kier alpha value is -0.870. The van der Waals surface area contributed by atoms with Crippen molar-refractivity contribution in [3.8, 4) is 0 Å². The van der Waals surface area contributed by atoms with Crippen LogP contribution in [0.4, 0.5) is 0 Å². The Labute approximate surface area is 85.8 Å². The Morgan fingerprint density at radius 1 is 1.50 bits per heavy atom. The fourth-order valence-corrected chi connectivity index (χ4v) is 1.68. The number of amidine groups is 1. The van der Waals surface area contributed by atoms with Crippen LogP contribution in [-0.2, 0) is 0 Å². The third-order valence-electron chi connectivity index (χ3n) is 2.74. The van der Waals surface area contributed by atoms with Crippen LogP contribution in [0.3, 0.4) is 0 Å². The lowest BCUT2D eigenvalue weighted by atomic mass is 10.0. The number of likely N-dealkylation sites (tertiary alicyclic amines) is 1. The van der Waals surface area contributed by atoms with E-state index < -0.39 is 0 Å². The van der Waals surface area contributed by atoms with Crippen molar-refractivity contribution in [2.24, 2.45) is 5.84 Å². The molecule has 0 aromatic heterocycles. The van der Waals surface area contributed by atoms with Crippen molar-refractivity contribution >= 4 is 5.84 Å². The normalized spacial score (nSPS) is 19.4. The van der Waals surface area contributed by atoms with Gasteiger partial charge in [0.15, 0.2) is 0 Å². The van der Waals surface area contributed by atoms with Gasteiger partial charge in [0.1, 0.15) is 5.84 Å². The highest BCUT2D eigenvalue weighted by Crippen LogP contribution is 2.14. The fourth-order valence-electron chi connectivity index (χ4n) is 1.68. The monoisotopic (exact) mass is 196 g/mol. The van der Waals surface area contributed by atoms with Crippen molar-refractivity contribution in [2.75, 3.05) is 20.1 Å². The average molecular weight is 196 g/mol. The molecule has 0 atom stereocenters. The molecule has 1 fully saturated rings. The molecule has 1 heterocycles. The van der Waals surface area contributed by atoms with E-state index in [4.69, 9.17) is 11.3 Å². The zero-order chi connectivity index (χ0) is 10.7. The molecule has 0 unspecified atom stereocenters. The first kappa shape index (κ1) is 11.2. The summed E-state index contributed by atoms with van der Waals surface area (Å²) in [6.07, 6.45) is 2.06. The highest BCUT2D eigenvalue weighted by Gasteiger charge is 2.22. The molecule has 0 spiro atoms. The molecule has 1 saturated heterocycles. The molecule has 0 aromatic rings. The number of hydrogen-bond donors (Lipinski definition) is 2. The van der Waals surface area contributed by atoms with Crippen molar-refractivity contribution in [1.82, 2.24) is 9.91 Å². The first-order chi connectivity index (χ1) is 6.52. The number of hydrazine groups is 1. The van der Waals surface area contributed by atoms with Gasteiger partial charge in [0, 0.05) is 6.04 Å². The van der Waals surface area contributed by atoms with Crippen LogP contribution in [0.2, 0.25) is 0 Å². The standard InChI is InChI=1S/C10H20N4/c1-8(2)10(11)14(12)9-4-6-13(3)7-5-9/h9,11H,1,4-7,12H2,2-3H3. The summed E-state index contributed by atoms with van der Waals surface area (Å²) >= 11 is 0. The molecular formula is C10H20N4. The number of rotatable bonds is 2. The van der Waals surface area contributed by atoms with E-state index in [1.807, 2.05) is 6.92 Å². The number of nitrogens with two attached hydrogens (primary N) is 1. The van der Waals surface area contributed by atoms with Crippen molar-refractivity contribution < 1.29 is 0 Å². The maximum absolute atomic E-state index is 7.72. The molecule has 14 heavy (non-hydrogen) atoms. The van der Waals surface area contributed by atoms with E-state index in [0.717, 1.165) is 31.5 Å². The highest BCUT2D eigenvalue weighted by atomic mass is 15.4. The van der Waals surface area contributed by atoms with Crippen molar-refractivity contribution in [1.29, 1.82) is 5.41 Å². The first-order valence-corrected chi connectivity index (χ1v) is 4.99. The van der Waals surface area contributed by atoms with Gasteiger partial charge in [-0.25, -0.2) is 5.84 Å². The lowest BCUT2D eigenvalue weighted by Crippen LogP contribution is -2.50. The maximum Gasteiger partial charge on any atom is 0.137 e. The van der Waals surface area contributed by atoms with Gasteiger partial charge in [-0.3, -0.25) is 10.4 Å². The minimum atomic E-state index is 0.301. The second-order valence-corrected chi connectivity index (χ2v) is 4.07. The average Bonchev–Trinajstić information content (AvgIpc) is 2.16. The molecule has 0 bridgehead atoms. The first-order valence-electron chi connectivity index (χ1n) is 4.99. The summed E-state index contributed by atoms with van der Waals surface area (Å²) in [6.45, 7) is 7.66. The van der Waals surface area contributed by atoms with Crippen LogP contribution in [0.25, 0.3) is 0 Å². The second kappa shape index (κ2) is 4.57. The van der Waals surface area contributed by atoms with Crippen molar-refractivity contribution in [3.05, 3.63) is 12.2 Å². The van der Waals surface area contributed by atoms with Crippen LogP contribution in [0, 0.1) is 5.41 Å². The highest BCUT2D eigenvalue weighted by molar-refractivity contribution is 5.94. The summed E-state index contributed by atoms with van der Waals surface area (Å²) in [5, 5.41) is 9.29. The van der Waals surface area contributed by atoms with E-state index in [9.17, 15) is 0 Å². The van der Waals surface area contributed by atoms with E-state index in [-0.39, 0.29) is 0 Å². The molecule has 80 valence electrons. The van der Waals surface area contributed by atoms with Gasteiger partial charge < -0.3 is 4.90 Å². The lowest BCUT2D eigenvalue weighted by Gasteiger charge is -2.35. The Morgan fingerprint density at radius 2 is 2.00 bits per heavy atom. The quantitative estimate of drug-likeness (QED) is 0.297. The largest absolute Gasteiger partial charge is 0.306 e. The third-order valence-corrected chi connectivity index (χ3v) is 2.74. The Bertz CT molecular complexity index is 228. The molecular weight excluding hydrogens is 176 g/mol. The molecule has 0 saturated carbocycles. The molecule has 1 rings (SSSR count). The van der Waals surface area contributed by atoms with Gasteiger partial charge in [-0.05, 0) is 45.5 Å². The SMILES string of the molecule is C=C(C)C(=N)N(N)C1CCN(C)CC1. The van der Waals surface area contributed by atoms with Crippen molar-refractivity contribution in [2.45, 2.75) is 25.8 Å². The number of nitrogens with zero attached hydrogens (tertiary/aromatic N) is 2. The zero-order valence-electron chi connectivity index (χ0n) is 9.08. The molecule has 0 radical (unpaired) electrons. The summed E-state index contributed by atoms with van der Waals surface area (Å²) in [5.74, 6) is 6.23. The number of hydrogen-bond acceptors (Lipinski definition) is 3. The minimum Gasteiger partial charge on any atom is -0.306 e. The van der Waals surface area contributed by atoms with Gasteiger partial charge >= 0.3 is 0 Å². The predicted octanol–water partition coefficient (Wildman–Crippen LogP) is 0.810. The second-order valence-electron chi connectivity index (χ2n) is 4.07. The minimum absolute atomic E-state index is 0.301. The summed E-state index contributed by atoms with van der Waals surface area (Å²) in [6, 6.07) is 0.301. The number of nitrogens with one attached hydrogen (secondary N) is 1. The van der Waals surface area contributed by atoms with Crippen molar-refractivity contribution in [3.63, 3.8) is 0 Å². The topological polar surface area (TPSA) is 56.4 Å². The van der Waals surface area contributed by atoms with E-state index in [1.54, 1.807) is 5.01 Å². The van der Waals surface area contributed by atoms with Gasteiger partial charge in [0.25, 0.3) is 0 Å². The third kappa shape index (κ3) is 2.56. The van der Waals surface area contributed by atoms with E-state index in [0.29, 0.717) is 11.9 Å². The number of piperidine rings is 1. The van der Waals surface area contributed by atoms with Gasteiger partial charge in [-0.1, -0.05) is 6.58 Å². The molecule has 1 aliphatic heterocycles. The summed E-state index contributed by atoms with van der Waals surface area (Å²) in [7, 11) is 2.11. The molecule has 0 aromatic carbocycles. The molecule has 1 aliphatic rings. The van der Waals surface area contributed by atoms with Crippen LogP contribution < -0.4 is 5.84 Å². The fraction of sp³-hybridized carbons (Fsp3) is 0.700. The van der Waals surface area contributed by atoms with E-state index >= 15 is 0 Å². The summed E-state index contributed by atoms with van der Waals surface area (Å²) < 4.78 is 0. The van der Waals surface area contributed by atoms with Crippen LogP contribution in [0.15, 0.2) is 12.2 Å². The lowest BCUT2D eigenvalue weighted by molar-refractivity contribution is 0.177. The predicted molar refractivity (Wildman–Crippen MR) is 59.1 cm³/mol. The smallest absolute Gasteiger partial charge is 0.137 e. The molecule has 4 heteroatoms. The zero-order valence-corrected chi connectivity index (χ0v) is 9.08. The summed E-state index contributed by atoms with van der Waals surface area (Å²) in [4.78, 5) is 2.29. The van der Waals surface area contributed by atoms with Crippen LogP contribution in [0.5, 0.6) is 0 Å². The van der Waals surface area contributed by atoms with E-state index in [1.165, 1.54) is 0 Å². The molecule has 0 aliphatic carbocycles. The van der Waals surface area contributed by atoms with Gasteiger partial charge in [-0.2, -0.15) is 0 Å². The Kier molecular flexibility index (Phi) is 3.66. The summed E-state index contributed by atoms with van der Waals surface area (Å²) in [5.41, 5.74) is 0.728.